The van der Waals surface area contributed by atoms with Gasteiger partial charge >= 0.3 is 0 Å². The molecule has 5 nitrogen and oxygen atoms in total. The molecule has 0 saturated heterocycles. The molecule has 1 fully saturated rings. The van der Waals surface area contributed by atoms with E-state index in [1.165, 1.54) is 10.6 Å². The Morgan fingerprint density at radius 3 is 2.62 bits per heavy atom. The van der Waals surface area contributed by atoms with Crippen LogP contribution in [0, 0.1) is 12.8 Å². The molecule has 0 radical (unpaired) electrons. The second-order valence-electron chi connectivity index (χ2n) is 5.59. The molecule has 0 aliphatic heterocycles. The van der Waals surface area contributed by atoms with Crippen LogP contribution in [0.1, 0.15) is 24.8 Å². The highest BCUT2D eigenvalue weighted by Gasteiger charge is 2.25. The summed E-state index contributed by atoms with van der Waals surface area (Å²) in [6.07, 6.45) is 4.18. The Balaban J connectivity index is 1.99. The van der Waals surface area contributed by atoms with E-state index in [0.717, 1.165) is 24.8 Å². The number of rotatable bonds is 6. The van der Waals surface area contributed by atoms with E-state index in [9.17, 15) is 13.2 Å². The Morgan fingerprint density at radius 1 is 1.38 bits per heavy atom. The van der Waals surface area contributed by atoms with E-state index >= 15 is 0 Å². The van der Waals surface area contributed by atoms with Crippen LogP contribution in [-0.4, -0.2) is 33.7 Å². The maximum Gasteiger partial charge on any atom is 0.232 e. The number of hydrogen-bond acceptors (Lipinski definition) is 3. The molecule has 1 aromatic carbocycles. The monoisotopic (exact) mass is 310 g/mol. The molecule has 0 bridgehead atoms. The molecule has 1 aromatic rings. The average Bonchev–Trinajstić information content (AvgIpc) is 2.30. The molecule has 1 N–H and O–H groups in total. The minimum absolute atomic E-state index is 0.0407. The smallest absolute Gasteiger partial charge is 0.232 e. The van der Waals surface area contributed by atoms with Gasteiger partial charge in [-0.2, -0.15) is 0 Å². The summed E-state index contributed by atoms with van der Waals surface area (Å²) in [4.78, 5) is 11.8. The summed E-state index contributed by atoms with van der Waals surface area (Å²) in [5.41, 5.74) is 1.63. The van der Waals surface area contributed by atoms with Crippen molar-refractivity contribution in [2.24, 2.45) is 5.92 Å². The topological polar surface area (TPSA) is 66.5 Å². The second-order valence-corrected chi connectivity index (χ2v) is 7.50. The zero-order valence-electron chi connectivity index (χ0n) is 12.5. The fraction of sp³-hybridized carbons (Fsp3) is 0.533. The van der Waals surface area contributed by atoms with Crippen LogP contribution in [0.15, 0.2) is 24.3 Å². The first-order valence-corrected chi connectivity index (χ1v) is 9.05. The van der Waals surface area contributed by atoms with Gasteiger partial charge < -0.3 is 5.32 Å². The largest absolute Gasteiger partial charge is 0.354 e. The molecule has 2 rings (SSSR count). The molecule has 0 spiro atoms. The number of anilines is 1. The van der Waals surface area contributed by atoms with Gasteiger partial charge in [0.2, 0.25) is 15.9 Å². The summed E-state index contributed by atoms with van der Waals surface area (Å²) in [6.45, 7) is 2.50. The summed E-state index contributed by atoms with van der Waals surface area (Å²) >= 11 is 0. The lowest BCUT2D eigenvalue weighted by atomic mass is 9.85. The molecule has 1 saturated carbocycles. The molecule has 0 unspecified atom stereocenters. The van der Waals surface area contributed by atoms with Crippen molar-refractivity contribution in [2.75, 3.05) is 23.7 Å². The predicted molar refractivity (Wildman–Crippen MR) is 83.7 cm³/mol. The Morgan fingerprint density at radius 2 is 2.10 bits per heavy atom. The minimum atomic E-state index is -3.36. The molecule has 116 valence electrons. The zero-order chi connectivity index (χ0) is 15.5. The predicted octanol–water partition coefficient (Wildman–Crippen LogP) is 1.68. The molecular formula is C15H22N2O3S. The molecule has 0 atom stereocenters. The van der Waals surface area contributed by atoms with E-state index in [1.807, 2.05) is 25.1 Å². The van der Waals surface area contributed by atoms with E-state index in [0.29, 0.717) is 12.2 Å². The van der Waals surface area contributed by atoms with Crippen molar-refractivity contribution in [3.63, 3.8) is 0 Å². The Hall–Kier alpha value is -1.56. The summed E-state index contributed by atoms with van der Waals surface area (Å²) in [7, 11) is -3.36. The Kier molecular flexibility index (Phi) is 4.88. The lowest BCUT2D eigenvalue weighted by Crippen LogP contribution is -2.41. The number of hydrogen-bond donors (Lipinski definition) is 1. The van der Waals surface area contributed by atoms with Crippen LogP contribution < -0.4 is 9.62 Å². The van der Waals surface area contributed by atoms with Gasteiger partial charge in [-0.3, -0.25) is 9.10 Å². The van der Waals surface area contributed by atoms with E-state index in [4.69, 9.17) is 0 Å². The van der Waals surface area contributed by atoms with Crippen molar-refractivity contribution in [2.45, 2.75) is 26.2 Å². The van der Waals surface area contributed by atoms with Gasteiger partial charge in [0.15, 0.2) is 0 Å². The van der Waals surface area contributed by atoms with E-state index in [1.54, 1.807) is 6.07 Å². The molecule has 1 aliphatic carbocycles. The number of sulfonamides is 1. The van der Waals surface area contributed by atoms with Gasteiger partial charge in [0.05, 0.1) is 18.5 Å². The number of nitrogens with one attached hydrogen (secondary N) is 1. The molecule has 21 heavy (non-hydrogen) atoms. The number of amides is 1. The van der Waals surface area contributed by atoms with Crippen LogP contribution >= 0.6 is 0 Å². The van der Waals surface area contributed by atoms with Crippen molar-refractivity contribution < 1.29 is 13.2 Å². The van der Waals surface area contributed by atoms with Gasteiger partial charge in [-0.15, -0.1) is 0 Å². The maximum absolute atomic E-state index is 11.9. The van der Waals surface area contributed by atoms with Crippen molar-refractivity contribution in [1.29, 1.82) is 0 Å². The van der Waals surface area contributed by atoms with Crippen LogP contribution in [0.4, 0.5) is 5.69 Å². The van der Waals surface area contributed by atoms with Gasteiger partial charge in [-0.25, -0.2) is 8.42 Å². The van der Waals surface area contributed by atoms with Gasteiger partial charge in [0, 0.05) is 12.5 Å². The fourth-order valence-corrected chi connectivity index (χ4v) is 3.28. The molecule has 1 amide bonds. The van der Waals surface area contributed by atoms with Crippen molar-refractivity contribution in [3.05, 3.63) is 29.8 Å². The second kappa shape index (κ2) is 6.47. The molecule has 6 heteroatoms. The number of benzene rings is 1. The van der Waals surface area contributed by atoms with Crippen LogP contribution in [0.2, 0.25) is 0 Å². The van der Waals surface area contributed by atoms with Crippen LogP contribution in [0.5, 0.6) is 0 Å². The van der Waals surface area contributed by atoms with Crippen molar-refractivity contribution in [1.82, 2.24) is 5.32 Å². The van der Waals surface area contributed by atoms with Gasteiger partial charge in [0.1, 0.15) is 0 Å². The Labute approximate surface area is 126 Å². The van der Waals surface area contributed by atoms with Crippen LogP contribution in [-0.2, 0) is 14.8 Å². The van der Waals surface area contributed by atoms with Crippen molar-refractivity contribution >= 4 is 21.6 Å². The third-order valence-electron chi connectivity index (χ3n) is 3.78. The molecular weight excluding hydrogens is 288 g/mol. The van der Waals surface area contributed by atoms with E-state index in [2.05, 4.69) is 5.32 Å². The standard InChI is InChI=1S/C15H22N2O3S/c1-12-5-3-8-14(11-12)17(21(2,19)20)10-9-16-15(18)13-6-4-7-13/h3,5,8,11,13H,4,6-7,9-10H2,1-2H3,(H,16,18). The quantitative estimate of drug-likeness (QED) is 0.869. The highest BCUT2D eigenvalue weighted by Crippen LogP contribution is 2.26. The first-order chi connectivity index (χ1) is 9.88. The molecule has 0 aromatic heterocycles. The van der Waals surface area contributed by atoms with Gasteiger partial charge in [-0.1, -0.05) is 18.6 Å². The lowest BCUT2D eigenvalue weighted by Gasteiger charge is -2.26. The van der Waals surface area contributed by atoms with Crippen LogP contribution in [0.3, 0.4) is 0 Å². The number of carbonyl (C=O) groups excluding carboxylic acids is 1. The summed E-state index contributed by atoms with van der Waals surface area (Å²) < 4.78 is 25.2. The summed E-state index contributed by atoms with van der Waals surface area (Å²) in [5, 5.41) is 2.83. The zero-order valence-corrected chi connectivity index (χ0v) is 13.3. The molecule has 1 aliphatic rings. The normalized spacial score (nSPS) is 15.3. The highest BCUT2D eigenvalue weighted by atomic mass is 32.2. The SMILES string of the molecule is Cc1cccc(N(CCNC(=O)C2CCC2)S(C)(=O)=O)c1. The first kappa shape index (κ1) is 15.8. The third kappa shape index (κ3) is 4.20. The summed E-state index contributed by atoms with van der Waals surface area (Å²) in [6, 6.07) is 7.34. The molecule has 0 heterocycles. The van der Waals surface area contributed by atoms with E-state index in [-0.39, 0.29) is 18.4 Å². The maximum atomic E-state index is 11.9. The number of nitrogens with zero attached hydrogens (tertiary/aromatic N) is 1. The van der Waals surface area contributed by atoms with E-state index < -0.39 is 10.0 Å². The van der Waals surface area contributed by atoms with Crippen LogP contribution in [0.25, 0.3) is 0 Å². The average molecular weight is 310 g/mol. The van der Waals surface area contributed by atoms with Gasteiger partial charge in [0.25, 0.3) is 0 Å². The summed E-state index contributed by atoms with van der Waals surface area (Å²) in [5.74, 6) is 0.162. The minimum Gasteiger partial charge on any atom is -0.354 e. The first-order valence-electron chi connectivity index (χ1n) is 7.20. The van der Waals surface area contributed by atoms with Crippen molar-refractivity contribution in [3.8, 4) is 0 Å². The lowest BCUT2D eigenvalue weighted by molar-refractivity contribution is -0.127. The fourth-order valence-electron chi connectivity index (χ4n) is 2.36. The number of carbonyl (C=O) groups is 1. The Bertz CT molecular complexity index is 609. The third-order valence-corrected chi connectivity index (χ3v) is 4.97. The van der Waals surface area contributed by atoms with Gasteiger partial charge in [-0.05, 0) is 37.5 Å². The highest BCUT2D eigenvalue weighted by molar-refractivity contribution is 7.92. The number of aryl methyl sites for hydroxylation is 1.